The summed E-state index contributed by atoms with van der Waals surface area (Å²) in [5, 5.41) is 14.4. The molecular weight excluding hydrogens is 342 g/mol. The highest BCUT2D eigenvalue weighted by molar-refractivity contribution is 5.88. The van der Waals surface area contributed by atoms with Gasteiger partial charge < -0.3 is 24.6 Å². The van der Waals surface area contributed by atoms with Gasteiger partial charge in [-0.1, -0.05) is 18.2 Å². The number of para-hydroxylation sites is 1. The number of aryl methyl sites for hydroxylation is 2. The molecule has 2 aliphatic rings. The number of urea groups is 1. The Kier molecular flexibility index (Phi) is 5.10. The summed E-state index contributed by atoms with van der Waals surface area (Å²) >= 11 is 0. The van der Waals surface area contributed by atoms with Gasteiger partial charge in [0.2, 0.25) is 0 Å². The second kappa shape index (κ2) is 7.52. The number of carbonyl (C=O) groups is 1. The predicted molar refractivity (Wildman–Crippen MR) is 105 cm³/mol. The van der Waals surface area contributed by atoms with Crippen molar-refractivity contribution in [2.45, 2.75) is 51.8 Å². The van der Waals surface area contributed by atoms with Gasteiger partial charge in [-0.15, -0.1) is 0 Å². The predicted octanol–water partition coefficient (Wildman–Crippen LogP) is 2.23. The molecule has 1 fully saturated rings. The van der Waals surface area contributed by atoms with Crippen LogP contribution >= 0.6 is 0 Å². The number of benzene rings is 1. The Morgan fingerprint density at radius 3 is 3.00 bits per heavy atom. The molecular formula is C21H29N3O3. The second-order valence-electron chi connectivity index (χ2n) is 7.57. The van der Waals surface area contributed by atoms with Crippen molar-refractivity contribution in [1.82, 2.24) is 14.8 Å². The Hall–Kier alpha value is -2.05. The number of nitrogens with one attached hydrogen (secondary N) is 1. The fourth-order valence-corrected chi connectivity index (χ4v) is 4.66. The van der Waals surface area contributed by atoms with Crippen LogP contribution in [0.1, 0.15) is 30.2 Å². The van der Waals surface area contributed by atoms with Crippen LogP contribution in [0, 0.1) is 6.92 Å². The first-order valence-electron chi connectivity index (χ1n) is 10.0. The van der Waals surface area contributed by atoms with Crippen molar-refractivity contribution in [1.29, 1.82) is 0 Å². The van der Waals surface area contributed by atoms with Crippen LogP contribution in [0.5, 0.6) is 0 Å². The average Bonchev–Trinajstić information content (AvgIpc) is 3.21. The molecule has 2 N–H and O–H groups in total. The van der Waals surface area contributed by atoms with E-state index in [0.717, 1.165) is 19.4 Å². The molecule has 0 radical (unpaired) electrons. The zero-order chi connectivity index (χ0) is 19.0. The summed E-state index contributed by atoms with van der Waals surface area (Å²) in [4.78, 5) is 14.3. The minimum atomic E-state index is -0.601. The first kappa shape index (κ1) is 18.3. The number of hydrogen-bond acceptors (Lipinski definition) is 3. The van der Waals surface area contributed by atoms with Crippen LogP contribution in [0.25, 0.3) is 10.9 Å². The van der Waals surface area contributed by atoms with Gasteiger partial charge in [-0.05, 0) is 44.2 Å². The number of carbonyl (C=O) groups excluding carboxylic acids is 1. The number of aromatic nitrogens is 1. The van der Waals surface area contributed by atoms with Gasteiger partial charge in [0.25, 0.3) is 0 Å². The van der Waals surface area contributed by atoms with Crippen molar-refractivity contribution in [3.05, 3.63) is 35.0 Å². The van der Waals surface area contributed by atoms with Gasteiger partial charge in [-0.2, -0.15) is 0 Å². The SMILES string of the molecule is CCN(C(=O)NCCc1c(C)n2c3c(cccc13)CCC2)[C@H]1COC[C@@H]1O. The molecule has 1 aromatic heterocycles. The van der Waals surface area contributed by atoms with Crippen molar-refractivity contribution in [3.63, 3.8) is 0 Å². The average molecular weight is 371 g/mol. The molecule has 4 rings (SSSR count). The second-order valence-corrected chi connectivity index (χ2v) is 7.57. The van der Waals surface area contributed by atoms with E-state index >= 15 is 0 Å². The van der Waals surface area contributed by atoms with Gasteiger partial charge in [0.15, 0.2) is 0 Å². The number of nitrogens with zero attached hydrogens (tertiary/aromatic N) is 2. The normalized spacial score (nSPS) is 21.6. The maximum atomic E-state index is 12.6. The number of aliphatic hydroxyl groups is 1. The third kappa shape index (κ3) is 3.21. The van der Waals surface area contributed by atoms with E-state index in [4.69, 9.17) is 4.74 Å². The summed E-state index contributed by atoms with van der Waals surface area (Å²) in [6.45, 7) is 7.04. The van der Waals surface area contributed by atoms with Crippen molar-refractivity contribution in [2.24, 2.45) is 0 Å². The van der Waals surface area contributed by atoms with Crippen molar-refractivity contribution in [3.8, 4) is 0 Å². The van der Waals surface area contributed by atoms with E-state index in [1.54, 1.807) is 4.90 Å². The van der Waals surface area contributed by atoms with E-state index < -0.39 is 6.10 Å². The van der Waals surface area contributed by atoms with Crippen LogP contribution in [0.15, 0.2) is 18.2 Å². The topological polar surface area (TPSA) is 66.7 Å². The summed E-state index contributed by atoms with van der Waals surface area (Å²) in [7, 11) is 0. The molecule has 3 heterocycles. The molecule has 6 nitrogen and oxygen atoms in total. The number of likely N-dealkylation sites (N-methyl/N-ethyl adjacent to an activating group) is 1. The highest BCUT2D eigenvalue weighted by Gasteiger charge is 2.33. The van der Waals surface area contributed by atoms with Gasteiger partial charge in [0.1, 0.15) is 0 Å². The number of ether oxygens (including phenoxy) is 1. The van der Waals surface area contributed by atoms with Crippen LogP contribution in [-0.4, -0.2) is 59.1 Å². The summed E-state index contributed by atoms with van der Waals surface area (Å²) < 4.78 is 7.74. The van der Waals surface area contributed by atoms with Gasteiger partial charge in [-0.3, -0.25) is 0 Å². The lowest BCUT2D eigenvalue weighted by molar-refractivity contribution is 0.0964. The number of amides is 2. The monoisotopic (exact) mass is 371 g/mol. The molecule has 0 spiro atoms. The van der Waals surface area contributed by atoms with E-state index in [0.29, 0.717) is 26.3 Å². The van der Waals surface area contributed by atoms with E-state index in [1.165, 1.54) is 34.1 Å². The van der Waals surface area contributed by atoms with Crippen molar-refractivity contribution in [2.75, 3.05) is 26.3 Å². The summed E-state index contributed by atoms with van der Waals surface area (Å²) in [6, 6.07) is 6.20. The van der Waals surface area contributed by atoms with Gasteiger partial charge in [0, 0.05) is 30.7 Å². The molecule has 0 saturated carbocycles. The van der Waals surface area contributed by atoms with Crippen LogP contribution in [0.4, 0.5) is 4.79 Å². The van der Waals surface area contributed by atoms with Gasteiger partial charge in [-0.25, -0.2) is 4.79 Å². The van der Waals surface area contributed by atoms with Crippen LogP contribution in [-0.2, 0) is 24.1 Å². The number of rotatable bonds is 5. The maximum Gasteiger partial charge on any atom is 0.317 e. The Balaban J connectivity index is 1.46. The molecule has 27 heavy (non-hydrogen) atoms. The molecule has 146 valence electrons. The highest BCUT2D eigenvalue weighted by Crippen LogP contribution is 2.32. The van der Waals surface area contributed by atoms with E-state index in [9.17, 15) is 9.90 Å². The fourth-order valence-electron chi connectivity index (χ4n) is 4.66. The molecule has 6 heteroatoms. The summed E-state index contributed by atoms with van der Waals surface area (Å²) in [5.41, 5.74) is 5.47. The Morgan fingerprint density at radius 1 is 1.41 bits per heavy atom. The van der Waals surface area contributed by atoms with Gasteiger partial charge >= 0.3 is 6.03 Å². The number of aliphatic hydroxyl groups excluding tert-OH is 1. The largest absolute Gasteiger partial charge is 0.388 e. The maximum absolute atomic E-state index is 12.6. The van der Waals surface area contributed by atoms with Crippen molar-refractivity contribution < 1.29 is 14.6 Å². The first-order valence-corrected chi connectivity index (χ1v) is 10.0. The quantitative estimate of drug-likeness (QED) is 0.847. The zero-order valence-corrected chi connectivity index (χ0v) is 16.2. The molecule has 2 aliphatic heterocycles. The molecule has 1 aromatic carbocycles. The first-order chi connectivity index (χ1) is 13.1. The summed E-state index contributed by atoms with van der Waals surface area (Å²) in [6.07, 6.45) is 2.55. The molecule has 2 amide bonds. The fraction of sp³-hybridized carbons (Fsp3) is 0.571. The molecule has 2 atom stereocenters. The van der Waals surface area contributed by atoms with Crippen LogP contribution in [0.2, 0.25) is 0 Å². The lowest BCUT2D eigenvalue weighted by Gasteiger charge is -2.28. The summed E-state index contributed by atoms with van der Waals surface area (Å²) in [5.74, 6) is 0. The number of hydrogen-bond donors (Lipinski definition) is 2. The van der Waals surface area contributed by atoms with Gasteiger partial charge in [0.05, 0.1) is 30.9 Å². The zero-order valence-electron chi connectivity index (χ0n) is 16.2. The molecule has 1 saturated heterocycles. The van der Waals surface area contributed by atoms with E-state index in [1.807, 2.05) is 6.92 Å². The van der Waals surface area contributed by atoms with E-state index in [2.05, 4.69) is 35.0 Å². The lowest BCUT2D eigenvalue weighted by atomic mass is 10.0. The molecule has 0 unspecified atom stereocenters. The van der Waals surface area contributed by atoms with Crippen molar-refractivity contribution >= 4 is 16.9 Å². The van der Waals surface area contributed by atoms with E-state index in [-0.39, 0.29) is 12.1 Å². The minimum Gasteiger partial charge on any atom is -0.388 e. The third-order valence-electron chi connectivity index (χ3n) is 6.06. The third-order valence-corrected chi connectivity index (χ3v) is 6.06. The Morgan fingerprint density at radius 2 is 2.26 bits per heavy atom. The van der Waals surface area contributed by atoms with Crippen LogP contribution < -0.4 is 5.32 Å². The highest BCUT2D eigenvalue weighted by atomic mass is 16.5. The Bertz CT molecular complexity index is 845. The molecule has 2 aromatic rings. The lowest BCUT2D eigenvalue weighted by Crippen LogP contribution is -2.50. The standard InChI is InChI=1S/C21H29N3O3/c1-3-23(18-12-27-13-19(18)25)21(26)22-10-9-16-14(2)24-11-5-7-15-6-4-8-17(16)20(15)24/h4,6,8,18-19,25H,3,5,7,9-13H2,1-2H3,(H,22,26)/t18-,19-/m0/s1. The molecule has 0 bridgehead atoms. The minimum absolute atomic E-state index is 0.126. The van der Waals surface area contributed by atoms with Crippen LogP contribution in [0.3, 0.4) is 0 Å². The Labute approximate surface area is 160 Å². The molecule has 0 aliphatic carbocycles. The smallest absolute Gasteiger partial charge is 0.317 e.